The van der Waals surface area contributed by atoms with Gasteiger partial charge in [0.05, 0.1) is 6.33 Å². The van der Waals surface area contributed by atoms with Crippen LogP contribution in [0, 0.1) is 5.41 Å². The molecule has 16 heavy (non-hydrogen) atoms. The van der Waals surface area contributed by atoms with Gasteiger partial charge in [0.25, 0.3) is 10.0 Å². The topological polar surface area (TPSA) is 64.0 Å². The number of imidazole rings is 1. The minimum absolute atomic E-state index is 0.0964. The summed E-state index contributed by atoms with van der Waals surface area (Å²) in [5.41, 5.74) is 0.119. The third kappa shape index (κ3) is 2.23. The van der Waals surface area contributed by atoms with E-state index in [4.69, 9.17) is 11.6 Å². The second kappa shape index (κ2) is 3.72. The first-order valence-corrected chi connectivity index (χ1v) is 6.87. The van der Waals surface area contributed by atoms with Gasteiger partial charge in [-0.2, -0.15) is 0 Å². The molecule has 1 aliphatic carbocycles. The summed E-state index contributed by atoms with van der Waals surface area (Å²) >= 11 is 5.84. The molecule has 1 aromatic rings. The van der Waals surface area contributed by atoms with E-state index in [2.05, 4.69) is 16.6 Å². The van der Waals surface area contributed by atoms with Crippen LogP contribution in [-0.2, 0) is 17.1 Å². The van der Waals surface area contributed by atoms with Crippen LogP contribution in [0.15, 0.2) is 11.4 Å². The van der Waals surface area contributed by atoms with Gasteiger partial charge in [-0.15, -0.1) is 0 Å². The van der Waals surface area contributed by atoms with Crippen molar-refractivity contribution in [3.05, 3.63) is 11.5 Å². The van der Waals surface area contributed by atoms with Gasteiger partial charge in [0.15, 0.2) is 0 Å². The van der Waals surface area contributed by atoms with Crippen molar-refractivity contribution >= 4 is 21.6 Å². The largest absolute Gasteiger partial charge is 0.324 e. The second-order valence-corrected chi connectivity index (χ2v) is 6.63. The molecule has 1 aliphatic rings. The summed E-state index contributed by atoms with van der Waals surface area (Å²) in [4.78, 5) is 3.79. The van der Waals surface area contributed by atoms with Crippen LogP contribution in [0.5, 0.6) is 0 Å². The maximum Gasteiger partial charge on any atom is 0.261 e. The van der Waals surface area contributed by atoms with E-state index < -0.39 is 10.0 Å². The van der Waals surface area contributed by atoms with E-state index >= 15 is 0 Å². The van der Waals surface area contributed by atoms with E-state index in [0.717, 1.165) is 12.8 Å². The predicted molar refractivity (Wildman–Crippen MR) is 60.7 cm³/mol. The molecule has 1 N–H and O–H groups in total. The number of sulfonamides is 1. The molecule has 7 heteroatoms. The number of nitrogens with one attached hydrogen (secondary N) is 1. The lowest BCUT2D eigenvalue weighted by Gasteiger charge is -2.09. The second-order valence-electron chi connectivity index (χ2n) is 4.59. The summed E-state index contributed by atoms with van der Waals surface area (Å²) in [7, 11) is -1.93. The predicted octanol–water partition coefficient (Wildman–Crippen LogP) is 1.15. The van der Waals surface area contributed by atoms with Crippen LogP contribution in [0.4, 0.5) is 0 Å². The van der Waals surface area contributed by atoms with Crippen molar-refractivity contribution < 1.29 is 8.42 Å². The highest BCUT2D eigenvalue weighted by atomic mass is 35.5. The van der Waals surface area contributed by atoms with E-state index in [1.807, 2.05) is 0 Å². The molecule has 1 fully saturated rings. The van der Waals surface area contributed by atoms with E-state index in [-0.39, 0.29) is 15.6 Å². The molecule has 0 aliphatic heterocycles. The van der Waals surface area contributed by atoms with Crippen molar-refractivity contribution in [2.24, 2.45) is 12.5 Å². The normalized spacial score (nSPS) is 18.7. The Labute approximate surface area is 99.9 Å². The van der Waals surface area contributed by atoms with Crippen LogP contribution in [0.25, 0.3) is 0 Å². The van der Waals surface area contributed by atoms with Gasteiger partial charge in [-0.3, -0.25) is 0 Å². The Hall–Kier alpha value is -0.590. The Bertz CT molecular complexity index is 505. The molecule has 0 aromatic carbocycles. The zero-order chi connectivity index (χ0) is 12.0. The Morgan fingerprint density at radius 2 is 2.25 bits per heavy atom. The average molecular weight is 264 g/mol. The van der Waals surface area contributed by atoms with Gasteiger partial charge in [0.1, 0.15) is 5.15 Å². The molecule has 1 heterocycles. The van der Waals surface area contributed by atoms with Crippen LogP contribution in [-0.4, -0.2) is 24.5 Å². The fraction of sp³-hybridized carbons (Fsp3) is 0.667. The quantitative estimate of drug-likeness (QED) is 0.886. The lowest BCUT2D eigenvalue weighted by molar-refractivity contribution is 0.529. The van der Waals surface area contributed by atoms with E-state index in [1.54, 1.807) is 7.05 Å². The molecule has 0 spiro atoms. The number of rotatable bonds is 4. The van der Waals surface area contributed by atoms with Gasteiger partial charge < -0.3 is 4.57 Å². The zero-order valence-electron chi connectivity index (χ0n) is 9.20. The zero-order valence-corrected chi connectivity index (χ0v) is 10.8. The average Bonchev–Trinajstić information content (AvgIpc) is 2.85. The highest BCUT2D eigenvalue weighted by molar-refractivity contribution is 7.89. The number of nitrogens with zero attached hydrogens (tertiary/aromatic N) is 2. The van der Waals surface area contributed by atoms with E-state index in [9.17, 15) is 8.42 Å². The van der Waals surface area contributed by atoms with Crippen LogP contribution in [0.3, 0.4) is 0 Å². The first kappa shape index (κ1) is 11.9. The summed E-state index contributed by atoms with van der Waals surface area (Å²) in [5, 5.41) is 0.0365. The number of hydrogen-bond acceptors (Lipinski definition) is 3. The van der Waals surface area contributed by atoms with Crippen molar-refractivity contribution in [3.63, 3.8) is 0 Å². The highest BCUT2D eigenvalue weighted by Gasteiger charge is 2.38. The summed E-state index contributed by atoms with van der Waals surface area (Å²) in [6.07, 6.45) is 3.51. The van der Waals surface area contributed by atoms with E-state index in [0.29, 0.717) is 6.54 Å². The summed E-state index contributed by atoms with van der Waals surface area (Å²) in [6.45, 7) is 2.50. The minimum atomic E-state index is -3.58. The number of aromatic nitrogens is 2. The summed E-state index contributed by atoms with van der Waals surface area (Å²) in [5.74, 6) is 0. The van der Waals surface area contributed by atoms with Crippen LogP contribution in [0.1, 0.15) is 19.8 Å². The molecule has 0 atom stereocenters. The fourth-order valence-electron chi connectivity index (χ4n) is 1.30. The molecular weight excluding hydrogens is 250 g/mol. The van der Waals surface area contributed by atoms with Crippen molar-refractivity contribution in [1.29, 1.82) is 0 Å². The SMILES string of the molecule is Cn1cnc(S(=O)(=O)NCC2(C)CC2)c1Cl. The highest BCUT2D eigenvalue weighted by Crippen LogP contribution is 2.44. The smallest absolute Gasteiger partial charge is 0.261 e. The maximum absolute atomic E-state index is 11.9. The molecular formula is C9H14ClN3O2S. The van der Waals surface area contributed by atoms with Gasteiger partial charge in [0.2, 0.25) is 5.03 Å². The van der Waals surface area contributed by atoms with Crippen LogP contribution in [0.2, 0.25) is 5.15 Å². The Kier molecular flexibility index (Phi) is 2.76. The third-order valence-electron chi connectivity index (χ3n) is 2.88. The van der Waals surface area contributed by atoms with Crippen molar-refractivity contribution in [3.8, 4) is 0 Å². The molecule has 0 amide bonds. The molecule has 0 radical (unpaired) electrons. The van der Waals surface area contributed by atoms with Crippen molar-refractivity contribution in [2.45, 2.75) is 24.8 Å². The molecule has 90 valence electrons. The minimum Gasteiger partial charge on any atom is -0.324 e. The molecule has 1 aromatic heterocycles. The van der Waals surface area contributed by atoms with E-state index in [1.165, 1.54) is 10.9 Å². The monoisotopic (exact) mass is 263 g/mol. The van der Waals surface area contributed by atoms with Gasteiger partial charge in [-0.25, -0.2) is 18.1 Å². The van der Waals surface area contributed by atoms with Crippen LogP contribution >= 0.6 is 11.6 Å². The van der Waals surface area contributed by atoms with Gasteiger partial charge in [-0.1, -0.05) is 18.5 Å². The number of halogens is 1. The lowest BCUT2D eigenvalue weighted by atomic mass is 10.2. The number of hydrogen-bond donors (Lipinski definition) is 1. The lowest BCUT2D eigenvalue weighted by Crippen LogP contribution is -2.29. The molecule has 5 nitrogen and oxygen atoms in total. The summed E-state index contributed by atoms with van der Waals surface area (Å²) in [6, 6.07) is 0. The first-order valence-electron chi connectivity index (χ1n) is 5.01. The van der Waals surface area contributed by atoms with Crippen molar-refractivity contribution in [2.75, 3.05) is 6.54 Å². The molecule has 1 saturated carbocycles. The number of aryl methyl sites for hydroxylation is 1. The molecule has 2 rings (SSSR count). The third-order valence-corrected chi connectivity index (χ3v) is 4.77. The Morgan fingerprint density at radius 1 is 1.62 bits per heavy atom. The maximum atomic E-state index is 11.9. The van der Waals surface area contributed by atoms with Crippen molar-refractivity contribution in [1.82, 2.24) is 14.3 Å². The first-order chi connectivity index (χ1) is 7.34. The summed E-state index contributed by atoms with van der Waals surface area (Å²) < 4.78 is 27.7. The van der Waals surface area contributed by atoms with Gasteiger partial charge >= 0.3 is 0 Å². The van der Waals surface area contributed by atoms with Crippen LogP contribution < -0.4 is 4.72 Å². The van der Waals surface area contributed by atoms with Gasteiger partial charge in [0, 0.05) is 13.6 Å². The standard InChI is InChI=1S/C9H14ClN3O2S/c1-9(3-4-9)5-12-16(14,15)8-7(10)13(2)6-11-8/h6,12H,3-5H2,1-2H3. The fourth-order valence-corrected chi connectivity index (χ4v) is 2.93. The van der Waals surface area contributed by atoms with Gasteiger partial charge in [-0.05, 0) is 18.3 Å². The Morgan fingerprint density at radius 3 is 2.69 bits per heavy atom. The molecule has 0 saturated heterocycles. The molecule has 0 unspecified atom stereocenters. The molecule has 0 bridgehead atoms. The Balaban J connectivity index is 2.15.